The van der Waals surface area contributed by atoms with E-state index in [9.17, 15) is 24.0 Å². The minimum Gasteiger partial charge on any atom is -0.433 e. The van der Waals surface area contributed by atoms with Crippen LogP contribution < -0.4 is 16.0 Å². The molecule has 0 spiro atoms. The van der Waals surface area contributed by atoms with E-state index >= 15 is 0 Å². The predicted octanol–water partition coefficient (Wildman–Crippen LogP) is 2.81. The molecule has 0 aromatic heterocycles. The van der Waals surface area contributed by atoms with Crippen LogP contribution in [0.5, 0.6) is 0 Å². The van der Waals surface area contributed by atoms with E-state index in [1.807, 2.05) is 30.3 Å². The first kappa shape index (κ1) is 31.0. The van der Waals surface area contributed by atoms with Crippen molar-refractivity contribution in [3.8, 4) is 0 Å². The first-order valence-corrected chi connectivity index (χ1v) is 14.3. The molecule has 11 nitrogen and oxygen atoms in total. The molecule has 42 heavy (non-hydrogen) atoms. The summed E-state index contributed by atoms with van der Waals surface area (Å²) in [6.45, 7) is 3.60. The number of esters is 1. The number of benzene rings is 2. The SMILES string of the molecule is CC(=O)Nc1ccc(C(=O)N[C@@H](C)C(=O)N2CCC[C@H]2C(=O)N[C@H]2CC(=O)OC2OCCCc2ccccc2)cc1Cl. The van der Waals surface area contributed by atoms with Crippen molar-refractivity contribution >= 4 is 46.9 Å². The van der Waals surface area contributed by atoms with Crippen LogP contribution in [0.4, 0.5) is 5.69 Å². The second-order valence-corrected chi connectivity index (χ2v) is 10.8. The lowest BCUT2D eigenvalue weighted by molar-refractivity contribution is -0.165. The Hall–Kier alpha value is -3.96. The molecule has 3 N–H and O–H groups in total. The molecule has 2 aromatic carbocycles. The van der Waals surface area contributed by atoms with Crippen molar-refractivity contribution in [3.05, 3.63) is 64.7 Å². The third-order valence-corrected chi connectivity index (χ3v) is 7.44. The topological polar surface area (TPSA) is 143 Å². The molecule has 4 amide bonds. The van der Waals surface area contributed by atoms with Crippen LogP contribution in [0.15, 0.2) is 48.5 Å². The van der Waals surface area contributed by atoms with Gasteiger partial charge in [-0.2, -0.15) is 0 Å². The van der Waals surface area contributed by atoms with Gasteiger partial charge in [0.25, 0.3) is 5.91 Å². The zero-order chi connectivity index (χ0) is 30.2. The average Bonchev–Trinajstić information content (AvgIpc) is 3.58. The number of anilines is 1. The molecule has 4 atom stereocenters. The molecule has 2 aliphatic rings. The summed E-state index contributed by atoms with van der Waals surface area (Å²) in [5.74, 6) is -2.10. The number of carbonyl (C=O) groups excluding carboxylic acids is 5. The summed E-state index contributed by atoms with van der Waals surface area (Å²) >= 11 is 6.17. The van der Waals surface area contributed by atoms with E-state index in [1.54, 1.807) is 6.92 Å². The fraction of sp³-hybridized carbons (Fsp3) is 0.433. The summed E-state index contributed by atoms with van der Waals surface area (Å²) in [4.78, 5) is 64.0. The van der Waals surface area contributed by atoms with E-state index in [0.717, 1.165) is 12.8 Å². The minimum absolute atomic E-state index is 0.0223. The van der Waals surface area contributed by atoms with E-state index < -0.39 is 48.1 Å². The van der Waals surface area contributed by atoms with Gasteiger partial charge in [-0.1, -0.05) is 41.9 Å². The van der Waals surface area contributed by atoms with E-state index in [2.05, 4.69) is 16.0 Å². The van der Waals surface area contributed by atoms with Gasteiger partial charge in [0.2, 0.25) is 24.0 Å². The lowest BCUT2D eigenvalue weighted by Gasteiger charge is -2.28. The zero-order valence-electron chi connectivity index (χ0n) is 23.6. The molecule has 4 rings (SSSR count). The summed E-state index contributed by atoms with van der Waals surface area (Å²) in [5, 5.41) is 8.24. The highest BCUT2D eigenvalue weighted by atomic mass is 35.5. The van der Waals surface area contributed by atoms with Crippen molar-refractivity contribution in [2.24, 2.45) is 0 Å². The minimum atomic E-state index is -0.920. The molecule has 2 saturated heterocycles. The van der Waals surface area contributed by atoms with Gasteiger partial charge in [-0.05, 0) is 56.4 Å². The zero-order valence-corrected chi connectivity index (χ0v) is 24.3. The Morgan fingerprint density at radius 2 is 1.90 bits per heavy atom. The van der Waals surface area contributed by atoms with Crippen LogP contribution in [0.1, 0.15) is 55.5 Å². The number of nitrogens with zero attached hydrogens (tertiary/aromatic N) is 1. The number of rotatable bonds is 11. The second kappa shape index (κ2) is 14.3. The molecule has 2 aliphatic heterocycles. The number of aryl methyl sites for hydroxylation is 1. The van der Waals surface area contributed by atoms with Crippen LogP contribution in [0.2, 0.25) is 5.02 Å². The van der Waals surface area contributed by atoms with Crippen LogP contribution in [-0.2, 0) is 35.1 Å². The Morgan fingerprint density at radius 3 is 2.62 bits per heavy atom. The molecule has 0 saturated carbocycles. The Labute approximate surface area is 249 Å². The second-order valence-electron chi connectivity index (χ2n) is 10.4. The molecule has 2 fully saturated rings. The van der Waals surface area contributed by atoms with Gasteiger partial charge in [-0.3, -0.25) is 24.0 Å². The standard InChI is InChI=1S/C30H35ClN4O7/c1-18(32-27(38)21-12-13-23(22(31)16-21)33-19(2)36)29(40)35-14-6-11-25(35)28(39)34-24-17-26(37)42-30(24)41-15-7-10-20-8-4-3-5-9-20/h3-5,8-9,12-13,16,18,24-25,30H,6-7,10-11,14-15,17H2,1-2H3,(H,32,38)(H,33,36)(H,34,39)/t18-,24-,25-,30?/m0/s1. The fourth-order valence-corrected chi connectivity index (χ4v) is 5.27. The lowest BCUT2D eigenvalue weighted by Crippen LogP contribution is -2.54. The number of carbonyl (C=O) groups is 5. The van der Waals surface area contributed by atoms with Crippen LogP contribution >= 0.6 is 11.6 Å². The maximum Gasteiger partial charge on any atom is 0.310 e. The van der Waals surface area contributed by atoms with Gasteiger partial charge in [-0.15, -0.1) is 0 Å². The van der Waals surface area contributed by atoms with Gasteiger partial charge in [0.15, 0.2) is 0 Å². The Balaban J connectivity index is 1.29. The number of hydrogen-bond donors (Lipinski definition) is 3. The van der Waals surface area contributed by atoms with Gasteiger partial charge in [0.1, 0.15) is 18.1 Å². The van der Waals surface area contributed by atoms with Crippen LogP contribution in [0, 0.1) is 0 Å². The van der Waals surface area contributed by atoms with Crippen LogP contribution in [-0.4, -0.2) is 72.1 Å². The van der Waals surface area contributed by atoms with Gasteiger partial charge in [0, 0.05) is 19.0 Å². The monoisotopic (exact) mass is 598 g/mol. The molecular formula is C30H35ClN4O7. The summed E-state index contributed by atoms with van der Waals surface area (Å²) in [7, 11) is 0. The van der Waals surface area contributed by atoms with Gasteiger partial charge in [0.05, 0.1) is 23.7 Å². The molecule has 2 heterocycles. The average molecular weight is 599 g/mol. The van der Waals surface area contributed by atoms with Crippen molar-refractivity contribution in [2.45, 2.75) is 70.4 Å². The number of nitrogens with one attached hydrogen (secondary N) is 3. The molecule has 2 aromatic rings. The van der Waals surface area contributed by atoms with E-state index in [-0.39, 0.29) is 22.9 Å². The smallest absolute Gasteiger partial charge is 0.310 e. The molecule has 0 aliphatic carbocycles. The third kappa shape index (κ3) is 8.07. The highest BCUT2D eigenvalue weighted by Gasteiger charge is 2.41. The molecule has 12 heteroatoms. The molecular weight excluding hydrogens is 564 g/mol. The Morgan fingerprint density at radius 1 is 1.14 bits per heavy atom. The quantitative estimate of drug-likeness (QED) is 0.267. The summed E-state index contributed by atoms with van der Waals surface area (Å²) in [6, 6.07) is 12.0. The largest absolute Gasteiger partial charge is 0.433 e. The summed E-state index contributed by atoms with van der Waals surface area (Å²) in [5.41, 5.74) is 1.75. The van der Waals surface area contributed by atoms with Crippen LogP contribution in [0.25, 0.3) is 0 Å². The number of halogens is 1. The molecule has 0 radical (unpaired) electrons. The van der Waals surface area contributed by atoms with E-state index in [1.165, 1.54) is 35.6 Å². The Bertz CT molecular complexity index is 1320. The van der Waals surface area contributed by atoms with Crippen molar-refractivity contribution < 1.29 is 33.4 Å². The molecule has 224 valence electrons. The fourth-order valence-electron chi connectivity index (χ4n) is 5.05. The van der Waals surface area contributed by atoms with Gasteiger partial charge in [-0.25, -0.2) is 0 Å². The van der Waals surface area contributed by atoms with Gasteiger partial charge >= 0.3 is 5.97 Å². The number of cyclic esters (lactones) is 1. The van der Waals surface area contributed by atoms with Crippen LogP contribution in [0.3, 0.4) is 0 Å². The first-order valence-electron chi connectivity index (χ1n) is 14.0. The van der Waals surface area contributed by atoms with Gasteiger partial charge < -0.3 is 30.3 Å². The van der Waals surface area contributed by atoms with Crippen molar-refractivity contribution in [2.75, 3.05) is 18.5 Å². The lowest BCUT2D eigenvalue weighted by atomic mass is 10.1. The number of hydrogen-bond acceptors (Lipinski definition) is 7. The Kier molecular flexibility index (Phi) is 10.5. The summed E-state index contributed by atoms with van der Waals surface area (Å²) < 4.78 is 11.1. The van der Waals surface area contributed by atoms with Crippen molar-refractivity contribution in [1.29, 1.82) is 0 Å². The molecule has 0 bridgehead atoms. The maximum absolute atomic E-state index is 13.3. The third-order valence-electron chi connectivity index (χ3n) is 7.12. The predicted molar refractivity (Wildman–Crippen MR) is 155 cm³/mol. The number of ether oxygens (including phenoxy) is 2. The van der Waals surface area contributed by atoms with Crippen molar-refractivity contribution in [1.82, 2.24) is 15.5 Å². The van der Waals surface area contributed by atoms with Crippen molar-refractivity contribution in [3.63, 3.8) is 0 Å². The van der Waals surface area contributed by atoms with E-state index in [4.69, 9.17) is 21.1 Å². The highest BCUT2D eigenvalue weighted by molar-refractivity contribution is 6.34. The maximum atomic E-state index is 13.3. The number of amides is 4. The first-order chi connectivity index (χ1) is 20.1. The van der Waals surface area contributed by atoms with E-state index in [0.29, 0.717) is 31.7 Å². The number of likely N-dealkylation sites (tertiary alicyclic amines) is 1. The highest BCUT2D eigenvalue weighted by Crippen LogP contribution is 2.24. The molecule has 1 unspecified atom stereocenters. The normalized spacial score (nSPS) is 20.5. The summed E-state index contributed by atoms with van der Waals surface area (Å²) in [6.07, 6.45) is 1.67.